The summed E-state index contributed by atoms with van der Waals surface area (Å²) in [5.74, 6) is -14.2. The molecule has 2 aromatic rings. The lowest BCUT2D eigenvalue weighted by atomic mass is 10.2. The first-order valence-electron chi connectivity index (χ1n) is 8.06. The van der Waals surface area contributed by atoms with E-state index in [2.05, 4.69) is 0 Å². The van der Waals surface area contributed by atoms with Gasteiger partial charge in [-0.15, -0.1) is 0 Å². The number of alkyl halides is 4. The van der Waals surface area contributed by atoms with Gasteiger partial charge in [-0.25, -0.2) is 21.6 Å². The lowest BCUT2D eigenvalue weighted by Crippen LogP contribution is -2.38. The predicted octanol–water partition coefficient (Wildman–Crippen LogP) is 3.63. The number of benzene rings is 2. The molecule has 1 amide bonds. The second-order valence-electron chi connectivity index (χ2n) is 6.41. The van der Waals surface area contributed by atoms with Crippen molar-refractivity contribution in [1.82, 2.24) is 4.31 Å². The zero-order valence-corrected chi connectivity index (χ0v) is 15.4. The Morgan fingerprint density at radius 1 is 0.867 bits per heavy atom. The summed E-state index contributed by atoms with van der Waals surface area (Å²) in [5.41, 5.74) is -1.18. The van der Waals surface area contributed by atoms with E-state index < -0.39 is 68.8 Å². The molecule has 30 heavy (non-hydrogen) atoms. The summed E-state index contributed by atoms with van der Waals surface area (Å²) in [4.78, 5) is 11.3. The predicted molar refractivity (Wildman–Crippen MR) is 89.4 cm³/mol. The Balaban J connectivity index is 1.91. The maximum atomic E-state index is 14.0. The summed E-state index contributed by atoms with van der Waals surface area (Å²) in [6.45, 7) is -3.59. The fourth-order valence-corrected chi connectivity index (χ4v) is 4.13. The molecule has 0 aromatic heterocycles. The number of amides is 1. The van der Waals surface area contributed by atoms with Crippen molar-refractivity contribution in [2.75, 3.05) is 18.4 Å². The molecule has 0 spiro atoms. The molecule has 1 heterocycles. The van der Waals surface area contributed by atoms with Crippen LogP contribution in [-0.4, -0.2) is 43.6 Å². The molecule has 1 aliphatic rings. The van der Waals surface area contributed by atoms with Crippen LogP contribution in [-0.2, 0) is 10.0 Å². The first-order chi connectivity index (χ1) is 13.7. The maximum Gasteiger partial charge on any atom is 0.325 e. The largest absolute Gasteiger partial charge is 0.325 e. The summed E-state index contributed by atoms with van der Waals surface area (Å²) in [5, 5.41) is 2.01. The molecule has 1 saturated heterocycles. The van der Waals surface area contributed by atoms with Gasteiger partial charge in [-0.1, -0.05) is 0 Å². The van der Waals surface area contributed by atoms with Crippen molar-refractivity contribution in [3.8, 4) is 0 Å². The van der Waals surface area contributed by atoms with E-state index in [9.17, 15) is 43.9 Å². The molecular weight excluding hydrogens is 445 g/mol. The Morgan fingerprint density at radius 3 is 2.00 bits per heavy atom. The first kappa shape index (κ1) is 22.0. The van der Waals surface area contributed by atoms with Crippen LogP contribution in [0.1, 0.15) is 10.4 Å². The van der Waals surface area contributed by atoms with Crippen LogP contribution in [0.2, 0.25) is 0 Å². The fourth-order valence-electron chi connectivity index (χ4n) is 2.66. The average molecular weight is 456 g/mol. The molecule has 13 heteroatoms. The first-order valence-corrected chi connectivity index (χ1v) is 9.50. The third-order valence-electron chi connectivity index (χ3n) is 4.28. The van der Waals surface area contributed by atoms with Crippen LogP contribution >= 0.6 is 0 Å². The van der Waals surface area contributed by atoms with E-state index in [1.807, 2.05) is 5.32 Å². The molecule has 162 valence electrons. The van der Waals surface area contributed by atoms with E-state index >= 15 is 0 Å². The molecule has 0 aliphatic carbocycles. The van der Waals surface area contributed by atoms with Crippen molar-refractivity contribution in [2.24, 2.45) is 0 Å². The van der Waals surface area contributed by atoms with Crippen molar-refractivity contribution in [2.45, 2.75) is 16.7 Å². The minimum atomic E-state index is -4.92. The van der Waals surface area contributed by atoms with Gasteiger partial charge in [-0.3, -0.25) is 4.79 Å². The van der Waals surface area contributed by atoms with Crippen LogP contribution < -0.4 is 5.32 Å². The van der Waals surface area contributed by atoms with Gasteiger partial charge in [-0.05, 0) is 30.3 Å². The third-order valence-corrected chi connectivity index (χ3v) is 6.07. The van der Waals surface area contributed by atoms with Gasteiger partial charge in [0, 0.05) is 11.8 Å². The highest BCUT2D eigenvalue weighted by Gasteiger charge is 2.65. The van der Waals surface area contributed by atoms with Crippen molar-refractivity contribution < 1.29 is 43.9 Å². The summed E-state index contributed by atoms with van der Waals surface area (Å²) in [7, 11) is -4.92. The standard InChI is InChI=1S/C17H11F7N2O3S/c18-12-4-2-10(30(28,29)26-7-16(21,22)17(23,24)8-26)6-11(12)15(27)25-9-1-3-13(19)14(20)5-9/h1-6H,7-8H2,(H,25,27). The molecule has 2 aromatic carbocycles. The molecule has 0 radical (unpaired) electrons. The minimum absolute atomic E-state index is 0.169. The van der Waals surface area contributed by atoms with E-state index in [1.165, 1.54) is 0 Å². The fraction of sp³-hybridized carbons (Fsp3) is 0.235. The average Bonchev–Trinajstić information content (AvgIpc) is 2.86. The Bertz CT molecular complexity index is 1110. The Labute approximate surface area is 165 Å². The van der Waals surface area contributed by atoms with E-state index in [0.717, 1.165) is 6.07 Å². The quantitative estimate of drug-likeness (QED) is 0.715. The van der Waals surface area contributed by atoms with Gasteiger partial charge >= 0.3 is 11.8 Å². The molecule has 1 N–H and O–H groups in total. The number of sulfonamides is 1. The van der Waals surface area contributed by atoms with Gasteiger partial charge in [0.1, 0.15) is 5.82 Å². The summed E-state index contributed by atoms with van der Waals surface area (Å²) < 4.78 is 118. The second-order valence-corrected chi connectivity index (χ2v) is 8.34. The van der Waals surface area contributed by atoms with Crippen LogP contribution in [0.15, 0.2) is 41.3 Å². The van der Waals surface area contributed by atoms with E-state index in [4.69, 9.17) is 0 Å². The Morgan fingerprint density at radius 2 is 1.43 bits per heavy atom. The molecule has 0 atom stereocenters. The SMILES string of the molecule is O=C(Nc1ccc(F)c(F)c1)c1cc(S(=O)(=O)N2CC(F)(F)C(F)(F)C2)ccc1F. The lowest BCUT2D eigenvalue weighted by molar-refractivity contribution is -0.172. The number of hydrogen-bond acceptors (Lipinski definition) is 3. The van der Waals surface area contributed by atoms with E-state index in [0.29, 0.717) is 30.3 Å². The van der Waals surface area contributed by atoms with Crippen LogP contribution in [0.4, 0.5) is 36.4 Å². The Kier molecular flexibility index (Phi) is 5.31. The van der Waals surface area contributed by atoms with Crippen LogP contribution in [0.5, 0.6) is 0 Å². The summed E-state index contributed by atoms with van der Waals surface area (Å²) in [6, 6.07) is 3.82. The van der Waals surface area contributed by atoms with Crippen molar-refractivity contribution >= 4 is 21.6 Å². The highest BCUT2D eigenvalue weighted by Crippen LogP contribution is 2.42. The van der Waals surface area contributed by atoms with Gasteiger partial charge in [0.2, 0.25) is 10.0 Å². The number of carbonyl (C=O) groups excluding carboxylic acids is 1. The van der Waals surface area contributed by atoms with E-state index in [-0.39, 0.29) is 9.99 Å². The van der Waals surface area contributed by atoms with Gasteiger partial charge < -0.3 is 5.32 Å². The molecular formula is C17H11F7N2O3S. The number of anilines is 1. The molecule has 0 bridgehead atoms. The lowest BCUT2D eigenvalue weighted by Gasteiger charge is -2.16. The molecule has 0 saturated carbocycles. The smallest absolute Gasteiger partial charge is 0.322 e. The molecule has 5 nitrogen and oxygen atoms in total. The monoisotopic (exact) mass is 456 g/mol. The number of hydrogen-bond donors (Lipinski definition) is 1. The summed E-state index contributed by atoms with van der Waals surface area (Å²) in [6.07, 6.45) is 0. The van der Waals surface area contributed by atoms with E-state index in [1.54, 1.807) is 0 Å². The van der Waals surface area contributed by atoms with Gasteiger partial charge in [0.15, 0.2) is 11.6 Å². The van der Waals surface area contributed by atoms with Gasteiger partial charge in [-0.2, -0.15) is 21.9 Å². The highest BCUT2D eigenvalue weighted by molar-refractivity contribution is 7.89. The van der Waals surface area contributed by atoms with Gasteiger partial charge in [0.05, 0.1) is 23.5 Å². The highest BCUT2D eigenvalue weighted by atomic mass is 32.2. The molecule has 0 unspecified atom stereocenters. The van der Waals surface area contributed by atoms with Crippen molar-refractivity contribution in [3.05, 3.63) is 59.4 Å². The number of nitrogens with zero attached hydrogens (tertiary/aromatic N) is 1. The zero-order valence-electron chi connectivity index (χ0n) is 14.6. The number of nitrogens with one attached hydrogen (secondary N) is 1. The van der Waals surface area contributed by atoms with Crippen LogP contribution in [0, 0.1) is 17.5 Å². The maximum absolute atomic E-state index is 14.0. The summed E-state index contributed by atoms with van der Waals surface area (Å²) >= 11 is 0. The van der Waals surface area contributed by atoms with Crippen molar-refractivity contribution in [1.29, 1.82) is 0 Å². The van der Waals surface area contributed by atoms with Crippen molar-refractivity contribution in [3.63, 3.8) is 0 Å². The normalized spacial score (nSPS) is 18.4. The molecule has 3 rings (SSSR count). The minimum Gasteiger partial charge on any atom is -0.322 e. The number of halogens is 7. The number of rotatable bonds is 4. The molecule has 1 aliphatic heterocycles. The topological polar surface area (TPSA) is 66.5 Å². The zero-order chi connectivity index (χ0) is 22.5. The van der Waals surface area contributed by atoms with Crippen LogP contribution in [0.3, 0.4) is 0 Å². The second kappa shape index (κ2) is 7.23. The van der Waals surface area contributed by atoms with Gasteiger partial charge in [0.25, 0.3) is 5.91 Å². The van der Waals surface area contributed by atoms with Crippen LogP contribution in [0.25, 0.3) is 0 Å². The number of carbonyl (C=O) groups is 1. The third kappa shape index (κ3) is 3.86. The molecule has 1 fully saturated rings. The Hall–Kier alpha value is -2.67.